The number of rotatable bonds is 2. The van der Waals surface area contributed by atoms with E-state index < -0.39 is 11.9 Å². The fourth-order valence-electron chi connectivity index (χ4n) is 2.96. The Morgan fingerprint density at radius 1 is 1.29 bits per heavy atom. The van der Waals surface area contributed by atoms with E-state index in [0.717, 1.165) is 31.1 Å². The van der Waals surface area contributed by atoms with Gasteiger partial charge in [-0.05, 0) is 37.1 Å². The molecule has 0 aliphatic carbocycles. The molecule has 1 fully saturated rings. The summed E-state index contributed by atoms with van der Waals surface area (Å²) in [6.07, 6.45) is -1.53. The smallest absolute Gasteiger partial charge is 0.368 e. The van der Waals surface area contributed by atoms with Gasteiger partial charge in [0.15, 0.2) is 5.69 Å². The van der Waals surface area contributed by atoms with E-state index in [1.807, 2.05) is 4.90 Å². The minimum atomic E-state index is -4.44. The average molecular weight is 355 g/mol. The van der Waals surface area contributed by atoms with Gasteiger partial charge in [0.2, 0.25) is 0 Å². The Morgan fingerprint density at radius 2 is 2.08 bits per heavy atom. The minimum Gasteiger partial charge on any atom is -0.368 e. The number of hydrogen-bond donors (Lipinski definition) is 0. The van der Waals surface area contributed by atoms with Crippen molar-refractivity contribution in [1.82, 2.24) is 9.78 Å². The van der Waals surface area contributed by atoms with E-state index >= 15 is 0 Å². The summed E-state index contributed by atoms with van der Waals surface area (Å²) in [5.74, 6) is 0. The summed E-state index contributed by atoms with van der Waals surface area (Å²) in [5, 5.41) is 13.4. The molecule has 4 nitrogen and oxygen atoms in total. The topological polar surface area (TPSA) is 44.9 Å². The molecule has 1 atom stereocenters. The molecule has 1 aromatic heterocycles. The van der Waals surface area contributed by atoms with Gasteiger partial charge >= 0.3 is 6.18 Å². The maximum atomic E-state index is 12.7. The number of nitriles is 1. The van der Waals surface area contributed by atoms with Crippen LogP contribution in [0.3, 0.4) is 0 Å². The van der Waals surface area contributed by atoms with Gasteiger partial charge in [-0.1, -0.05) is 11.6 Å². The normalized spacial score (nSPS) is 18.5. The Kier molecular flexibility index (Phi) is 4.41. The van der Waals surface area contributed by atoms with Crippen molar-refractivity contribution in [3.63, 3.8) is 0 Å². The van der Waals surface area contributed by atoms with Gasteiger partial charge in [-0.2, -0.15) is 23.5 Å². The molecule has 1 aromatic carbocycles. The Balaban J connectivity index is 1.83. The molecule has 1 saturated heterocycles. The molecule has 2 aromatic rings. The van der Waals surface area contributed by atoms with E-state index in [4.69, 9.17) is 11.6 Å². The molecular formula is C16H14ClF3N4. The highest BCUT2D eigenvalue weighted by atomic mass is 35.5. The molecule has 1 aliphatic rings. The highest BCUT2D eigenvalue weighted by molar-refractivity contribution is 6.30. The van der Waals surface area contributed by atoms with Gasteiger partial charge in [0.25, 0.3) is 0 Å². The third kappa shape index (κ3) is 3.34. The number of halogens is 4. The fraction of sp³-hybridized carbons (Fsp3) is 0.375. The Labute approximate surface area is 142 Å². The highest BCUT2D eigenvalue weighted by Crippen LogP contribution is 2.32. The van der Waals surface area contributed by atoms with Crippen LogP contribution in [0.5, 0.6) is 0 Å². The summed E-state index contributed by atoms with van der Waals surface area (Å²) in [6.45, 7) is 1.23. The lowest BCUT2D eigenvalue weighted by atomic mass is 10.0. The molecule has 0 radical (unpaired) electrons. The van der Waals surface area contributed by atoms with E-state index in [9.17, 15) is 18.4 Å². The van der Waals surface area contributed by atoms with E-state index in [1.165, 1.54) is 10.9 Å². The van der Waals surface area contributed by atoms with Gasteiger partial charge in [-0.15, -0.1) is 0 Å². The Morgan fingerprint density at radius 3 is 2.75 bits per heavy atom. The van der Waals surface area contributed by atoms with Gasteiger partial charge in [0, 0.05) is 24.3 Å². The van der Waals surface area contributed by atoms with E-state index in [-0.39, 0.29) is 6.04 Å². The van der Waals surface area contributed by atoms with Crippen molar-refractivity contribution in [2.45, 2.75) is 25.1 Å². The molecule has 1 unspecified atom stereocenters. The van der Waals surface area contributed by atoms with Crippen LogP contribution in [0, 0.1) is 11.3 Å². The number of anilines is 1. The lowest BCUT2D eigenvalue weighted by Gasteiger charge is -2.35. The largest absolute Gasteiger partial charge is 0.435 e. The molecule has 2 heterocycles. The monoisotopic (exact) mass is 354 g/mol. The van der Waals surface area contributed by atoms with Crippen LogP contribution in [0.4, 0.5) is 18.9 Å². The summed E-state index contributed by atoms with van der Waals surface area (Å²) >= 11 is 5.91. The average Bonchev–Trinajstić information content (AvgIpc) is 3.05. The SMILES string of the molecule is N#Cc1cc(Cl)ccc1N1CCCC(n2ccc(C(F)(F)F)n2)C1. The van der Waals surface area contributed by atoms with Crippen molar-refractivity contribution in [2.75, 3.05) is 18.0 Å². The van der Waals surface area contributed by atoms with Crippen LogP contribution in [0.2, 0.25) is 5.02 Å². The van der Waals surface area contributed by atoms with Crippen LogP contribution in [0.15, 0.2) is 30.5 Å². The number of nitrogens with zero attached hydrogens (tertiary/aromatic N) is 4. The zero-order valence-electron chi connectivity index (χ0n) is 12.6. The van der Waals surface area contributed by atoms with Crippen molar-refractivity contribution >= 4 is 17.3 Å². The number of aromatic nitrogens is 2. The second-order valence-corrected chi connectivity index (χ2v) is 6.13. The highest BCUT2D eigenvalue weighted by Gasteiger charge is 2.34. The number of benzene rings is 1. The van der Waals surface area contributed by atoms with Gasteiger partial charge in [-0.3, -0.25) is 4.68 Å². The third-order valence-corrected chi connectivity index (χ3v) is 4.32. The van der Waals surface area contributed by atoms with Crippen LogP contribution >= 0.6 is 11.6 Å². The molecule has 24 heavy (non-hydrogen) atoms. The molecule has 8 heteroatoms. The standard InChI is InChI=1S/C16H14ClF3N4/c17-12-3-4-14(11(8-12)9-21)23-6-1-2-13(10-23)24-7-5-15(22-24)16(18,19)20/h3-5,7-8,13H,1-2,6,10H2. The molecular weight excluding hydrogens is 341 g/mol. The zero-order chi connectivity index (χ0) is 17.3. The molecule has 0 N–H and O–H groups in total. The summed E-state index contributed by atoms with van der Waals surface area (Å²) in [7, 11) is 0. The van der Waals surface area contributed by atoms with Gasteiger partial charge in [0.1, 0.15) is 6.07 Å². The lowest BCUT2D eigenvalue weighted by molar-refractivity contribution is -0.141. The summed E-state index contributed by atoms with van der Waals surface area (Å²) in [4.78, 5) is 2.00. The number of piperidine rings is 1. The Hall–Kier alpha value is -2.20. The van der Waals surface area contributed by atoms with E-state index in [2.05, 4.69) is 11.2 Å². The quantitative estimate of drug-likeness (QED) is 0.809. The summed E-state index contributed by atoms with van der Waals surface area (Å²) in [5.41, 5.74) is 0.318. The summed E-state index contributed by atoms with van der Waals surface area (Å²) in [6, 6.07) is 8.00. The third-order valence-electron chi connectivity index (χ3n) is 4.09. The first kappa shape index (κ1) is 16.7. The molecule has 3 rings (SSSR count). The summed E-state index contributed by atoms with van der Waals surface area (Å²) < 4.78 is 39.5. The minimum absolute atomic E-state index is 0.169. The molecule has 0 spiro atoms. The first-order chi connectivity index (χ1) is 11.4. The first-order valence-electron chi connectivity index (χ1n) is 7.45. The van der Waals surface area contributed by atoms with Crippen LogP contribution in [0.25, 0.3) is 0 Å². The molecule has 1 aliphatic heterocycles. The second kappa shape index (κ2) is 6.36. The zero-order valence-corrected chi connectivity index (χ0v) is 13.3. The number of hydrogen-bond acceptors (Lipinski definition) is 3. The molecule has 126 valence electrons. The maximum absolute atomic E-state index is 12.7. The van der Waals surface area contributed by atoms with Gasteiger partial charge in [-0.25, -0.2) is 0 Å². The van der Waals surface area contributed by atoms with Crippen molar-refractivity contribution in [1.29, 1.82) is 5.26 Å². The second-order valence-electron chi connectivity index (χ2n) is 5.69. The van der Waals surface area contributed by atoms with Crippen molar-refractivity contribution in [3.8, 4) is 6.07 Å². The van der Waals surface area contributed by atoms with Crippen LogP contribution in [-0.4, -0.2) is 22.9 Å². The van der Waals surface area contributed by atoms with Gasteiger partial charge < -0.3 is 4.90 Å². The van der Waals surface area contributed by atoms with Crippen molar-refractivity contribution in [2.24, 2.45) is 0 Å². The molecule has 0 bridgehead atoms. The predicted octanol–water partition coefficient (Wildman–Crippen LogP) is 4.27. The fourth-order valence-corrected chi connectivity index (χ4v) is 3.13. The van der Waals surface area contributed by atoms with E-state index in [0.29, 0.717) is 17.1 Å². The van der Waals surface area contributed by atoms with Crippen molar-refractivity contribution < 1.29 is 13.2 Å². The molecule has 0 amide bonds. The predicted molar refractivity (Wildman–Crippen MR) is 83.9 cm³/mol. The van der Waals surface area contributed by atoms with Crippen LogP contribution in [-0.2, 0) is 6.18 Å². The van der Waals surface area contributed by atoms with Crippen molar-refractivity contribution in [3.05, 3.63) is 46.7 Å². The first-order valence-corrected chi connectivity index (χ1v) is 7.83. The number of alkyl halides is 3. The van der Waals surface area contributed by atoms with Gasteiger partial charge in [0.05, 0.1) is 17.3 Å². The Bertz CT molecular complexity index is 778. The van der Waals surface area contributed by atoms with Crippen LogP contribution < -0.4 is 4.90 Å². The van der Waals surface area contributed by atoms with E-state index in [1.54, 1.807) is 18.2 Å². The lowest BCUT2D eigenvalue weighted by Crippen LogP contribution is -2.37. The maximum Gasteiger partial charge on any atom is 0.435 e. The van der Waals surface area contributed by atoms with Crippen LogP contribution in [0.1, 0.15) is 30.1 Å². The molecule has 0 saturated carbocycles.